The zero-order valence-electron chi connectivity index (χ0n) is 11.0. The van der Waals surface area contributed by atoms with Crippen molar-refractivity contribution in [3.8, 4) is 11.5 Å². The fourth-order valence-electron chi connectivity index (χ4n) is 2.10. The van der Waals surface area contributed by atoms with Gasteiger partial charge in [0, 0.05) is 12.8 Å². The maximum absolute atomic E-state index is 5.37. The minimum Gasteiger partial charge on any atom is -0.454 e. The van der Waals surface area contributed by atoms with Crippen LogP contribution in [0.2, 0.25) is 0 Å². The topological polar surface area (TPSA) is 60.0 Å². The van der Waals surface area contributed by atoms with Crippen molar-refractivity contribution in [2.45, 2.75) is 32.6 Å². The first-order valence-electron chi connectivity index (χ1n) is 6.64. The number of fused-ring (bicyclic) bond motifs is 1. The smallest absolute Gasteiger partial charge is 0.231 e. The number of aromatic nitrogens is 3. The quantitative estimate of drug-likeness (QED) is 0.896. The van der Waals surface area contributed by atoms with E-state index in [1.165, 1.54) is 0 Å². The summed E-state index contributed by atoms with van der Waals surface area (Å²) in [5, 5.41) is 7.23. The van der Waals surface area contributed by atoms with E-state index in [0.717, 1.165) is 54.4 Å². The molecule has 0 bridgehead atoms. The van der Waals surface area contributed by atoms with E-state index in [2.05, 4.69) is 22.1 Å². The van der Waals surface area contributed by atoms with Gasteiger partial charge in [-0.3, -0.25) is 5.10 Å². The van der Waals surface area contributed by atoms with Crippen molar-refractivity contribution < 1.29 is 9.47 Å². The molecule has 3 rings (SSSR count). The van der Waals surface area contributed by atoms with Crippen molar-refractivity contribution in [1.82, 2.24) is 15.2 Å². The number of ether oxygens (including phenoxy) is 2. The second-order valence-corrected chi connectivity index (χ2v) is 4.67. The van der Waals surface area contributed by atoms with Gasteiger partial charge in [0.25, 0.3) is 0 Å². The molecule has 0 saturated carbocycles. The second kappa shape index (κ2) is 5.30. The average molecular weight is 259 g/mol. The van der Waals surface area contributed by atoms with Gasteiger partial charge in [-0.05, 0) is 24.1 Å². The van der Waals surface area contributed by atoms with E-state index in [9.17, 15) is 0 Å². The summed E-state index contributed by atoms with van der Waals surface area (Å²) in [6, 6.07) is 5.96. The Kier molecular flexibility index (Phi) is 3.35. The zero-order valence-corrected chi connectivity index (χ0v) is 11.0. The minimum absolute atomic E-state index is 0.308. The molecule has 0 fully saturated rings. The van der Waals surface area contributed by atoms with Crippen LogP contribution in [0.1, 0.15) is 37.0 Å². The second-order valence-electron chi connectivity index (χ2n) is 4.67. The van der Waals surface area contributed by atoms with Crippen LogP contribution in [0.3, 0.4) is 0 Å². The van der Waals surface area contributed by atoms with Gasteiger partial charge in [0.2, 0.25) is 6.79 Å². The van der Waals surface area contributed by atoms with E-state index in [1.54, 1.807) is 0 Å². The number of rotatable bonds is 5. The number of aromatic amines is 1. The molecule has 0 atom stereocenters. The van der Waals surface area contributed by atoms with Gasteiger partial charge in [-0.2, -0.15) is 5.10 Å². The molecule has 2 aromatic rings. The van der Waals surface area contributed by atoms with E-state index in [-0.39, 0.29) is 0 Å². The van der Waals surface area contributed by atoms with E-state index < -0.39 is 0 Å². The largest absolute Gasteiger partial charge is 0.454 e. The molecule has 0 unspecified atom stereocenters. The Bertz CT molecular complexity index is 566. The van der Waals surface area contributed by atoms with Gasteiger partial charge in [0.1, 0.15) is 5.82 Å². The van der Waals surface area contributed by atoms with Crippen molar-refractivity contribution in [2.75, 3.05) is 6.79 Å². The number of nitrogens with one attached hydrogen (secondary N) is 1. The molecule has 0 radical (unpaired) electrons. The molecule has 1 aromatic carbocycles. The van der Waals surface area contributed by atoms with Crippen molar-refractivity contribution in [1.29, 1.82) is 0 Å². The van der Waals surface area contributed by atoms with Crippen molar-refractivity contribution in [3.63, 3.8) is 0 Å². The highest BCUT2D eigenvalue weighted by Gasteiger charge is 2.14. The Morgan fingerprint density at radius 2 is 2.16 bits per heavy atom. The third-order valence-corrected chi connectivity index (χ3v) is 3.14. The van der Waals surface area contributed by atoms with Gasteiger partial charge in [0.05, 0.1) is 0 Å². The molecule has 5 heteroatoms. The van der Waals surface area contributed by atoms with Gasteiger partial charge in [-0.25, -0.2) is 4.98 Å². The highest BCUT2D eigenvalue weighted by Crippen LogP contribution is 2.32. The minimum atomic E-state index is 0.308. The lowest BCUT2D eigenvalue weighted by atomic mass is 10.1. The molecular formula is C14H17N3O2. The summed E-state index contributed by atoms with van der Waals surface area (Å²) < 4.78 is 10.7. The van der Waals surface area contributed by atoms with Crippen LogP contribution in [-0.2, 0) is 12.8 Å². The monoisotopic (exact) mass is 259 g/mol. The number of benzene rings is 1. The molecule has 2 heterocycles. The first-order valence-corrected chi connectivity index (χ1v) is 6.64. The van der Waals surface area contributed by atoms with E-state index >= 15 is 0 Å². The lowest BCUT2D eigenvalue weighted by Crippen LogP contribution is -1.93. The van der Waals surface area contributed by atoms with Crippen LogP contribution in [0.5, 0.6) is 11.5 Å². The third kappa shape index (κ3) is 2.70. The molecule has 0 spiro atoms. The number of hydrogen-bond donors (Lipinski definition) is 1. The van der Waals surface area contributed by atoms with Crippen LogP contribution >= 0.6 is 0 Å². The molecule has 1 aliphatic heterocycles. The summed E-state index contributed by atoms with van der Waals surface area (Å²) in [7, 11) is 0. The predicted molar refractivity (Wildman–Crippen MR) is 70.4 cm³/mol. The van der Waals surface area contributed by atoms with Crippen LogP contribution < -0.4 is 9.47 Å². The summed E-state index contributed by atoms with van der Waals surface area (Å²) in [5.41, 5.74) is 1.14. The standard InChI is InChI=1S/C14H17N3O2/c1-2-3-4-13-15-14(17-16-13)8-10-5-6-11-12(7-10)19-9-18-11/h5-7H,2-4,8-9H2,1H3,(H,15,16,17). The Morgan fingerprint density at radius 3 is 3.05 bits per heavy atom. The first kappa shape index (κ1) is 12.0. The molecule has 5 nitrogen and oxygen atoms in total. The Balaban J connectivity index is 1.69. The van der Waals surface area contributed by atoms with Gasteiger partial charge in [-0.1, -0.05) is 19.4 Å². The average Bonchev–Trinajstić information content (AvgIpc) is 3.05. The molecule has 1 aromatic heterocycles. The molecule has 0 aliphatic carbocycles. The molecule has 19 heavy (non-hydrogen) atoms. The molecular weight excluding hydrogens is 242 g/mol. The number of unbranched alkanes of at least 4 members (excludes halogenated alkanes) is 1. The number of aryl methyl sites for hydroxylation is 1. The number of nitrogens with zero attached hydrogens (tertiary/aromatic N) is 2. The Labute approximate surface area is 112 Å². The summed E-state index contributed by atoms with van der Waals surface area (Å²) in [6.07, 6.45) is 3.96. The van der Waals surface area contributed by atoms with E-state index in [4.69, 9.17) is 9.47 Å². The van der Waals surface area contributed by atoms with Crippen molar-refractivity contribution in [3.05, 3.63) is 35.4 Å². The van der Waals surface area contributed by atoms with Gasteiger partial charge in [0.15, 0.2) is 17.3 Å². The third-order valence-electron chi connectivity index (χ3n) is 3.14. The van der Waals surface area contributed by atoms with Crippen LogP contribution in [0.25, 0.3) is 0 Å². The van der Waals surface area contributed by atoms with Crippen LogP contribution in [0.15, 0.2) is 18.2 Å². The molecule has 0 saturated heterocycles. The molecule has 1 N–H and O–H groups in total. The van der Waals surface area contributed by atoms with Gasteiger partial charge < -0.3 is 9.47 Å². The van der Waals surface area contributed by atoms with E-state index in [0.29, 0.717) is 6.79 Å². The maximum Gasteiger partial charge on any atom is 0.231 e. The van der Waals surface area contributed by atoms with Crippen LogP contribution in [0, 0.1) is 0 Å². The lowest BCUT2D eigenvalue weighted by molar-refractivity contribution is 0.174. The van der Waals surface area contributed by atoms with E-state index in [1.807, 2.05) is 18.2 Å². The van der Waals surface area contributed by atoms with Crippen molar-refractivity contribution in [2.24, 2.45) is 0 Å². The summed E-state index contributed by atoms with van der Waals surface area (Å²) in [5.74, 6) is 3.41. The molecule has 0 amide bonds. The molecule has 1 aliphatic rings. The lowest BCUT2D eigenvalue weighted by Gasteiger charge is -2.00. The molecule has 100 valence electrons. The van der Waals surface area contributed by atoms with Gasteiger partial charge in [-0.15, -0.1) is 0 Å². The van der Waals surface area contributed by atoms with Crippen LogP contribution in [0.4, 0.5) is 0 Å². The predicted octanol–water partition coefficient (Wildman–Crippen LogP) is 2.47. The van der Waals surface area contributed by atoms with Crippen LogP contribution in [-0.4, -0.2) is 22.0 Å². The SMILES string of the molecule is CCCCc1n[nH]c(Cc2ccc3c(c2)OCO3)n1. The first-order chi connectivity index (χ1) is 9.35. The highest BCUT2D eigenvalue weighted by atomic mass is 16.7. The number of H-pyrrole nitrogens is 1. The number of hydrogen-bond acceptors (Lipinski definition) is 4. The Hall–Kier alpha value is -2.04. The summed E-state index contributed by atoms with van der Waals surface area (Å²) in [4.78, 5) is 4.50. The normalized spacial score (nSPS) is 12.9. The highest BCUT2D eigenvalue weighted by molar-refractivity contribution is 5.45. The Morgan fingerprint density at radius 1 is 1.26 bits per heavy atom. The fourth-order valence-corrected chi connectivity index (χ4v) is 2.10. The van der Waals surface area contributed by atoms with Crippen molar-refractivity contribution >= 4 is 0 Å². The zero-order chi connectivity index (χ0) is 13.1. The summed E-state index contributed by atoms with van der Waals surface area (Å²) in [6.45, 7) is 2.47. The summed E-state index contributed by atoms with van der Waals surface area (Å²) >= 11 is 0. The van der Waals surface area contributed by atoms with Gasteiger partial charge >= 0.3 is 0 Å². The maximum atomic E-state index is 5.37. The fraction of sp³-hybridized carbons (Fsp3) is 0.429.